The second-order valence-electron chi connectivity index (χ2n) is 6.24. The predicted molar refractivity (Wildman–Crippen MR) is 73.4 cm³/mol. The van der Waals surface area contributed by atoms with E-state index in [-0.39, 0.29) is 17.5 Å². The number of nitrogens with two attached hydrogens (primary N) is 1. The van der Waals surface area contributed by atoms with Gasteiger partial charge in [-0.2, -0.15) is 0 Å². The Morgan fingerprint density at radius 2 is 2.11 bits per heavy atom. The molecule has 3 rings (SSSR count). The Kier molecular flexibility index (Phi) is 3.78. The molecule has 1 saturated carbocycles. The van der Waals surface area contributed by atoms with Crippen LogP contribution < -0.4 is 5.73 Å². The molecule has 3 N–H and O–H groups in total. The Morgan fingerprint density at radius 1 is 1.32 bits per heavy atom. The maximum atomic E-state index is 7.49. The van der Waals surface area contributed by atoms with Gasteiger partial charge in [-0.15, -0.1) is 0 Å². The van der Waals surface area contributed by atoms with Gasteiger partial charge in [-0.1, -0.05) is 12.8 Å². The molecule has 5 heteroatoms. The zero-order valence-corrected chi connectivity index (χ0v) is 11.6. The molecule has 1 spiro atoms. The first kappa shape index (κ1) is 13.3. The highest BCUT2D eigenvalue weighted by molar-refractivity contribution is 5.82. The van der Waals surface area contributed by atoms with E-state index in [9.17, 15) is 0 Å². The molecule has 0 amide bonds. The van der Waals surface area contributed by atoms with Crippen molar-refractivity contribution in [1.82, 2.24) is 4.90 Å². The summed E-state index contributed by atoms with van der Waals surface area (Å²) in [6, 6.07) is 0. The second-order valence-corrected chi connectivity index (χ2v) is 6.24. The predicted octanol–water partition coefficient (Wildman–Crippen LogP) is 1.11. The third-order valence-electron chi connectivity index (χ3n) is 4.81. The van der Waals surface area contributed by atoms with Gasteiger partial charge in [0.2, 0.25) is 0 Å². The van der Waals surface area contributed by atoms with Crippen LogP contribution in [0.2, 0.25) is 0 Å². The van der Waals surface area contributed by atoms with Crippen LogP contribution in [-0.2, 0) is 9.47 Å². The highest BCUT2D eigenvalue weighted by Crippen LogP contribution is 2.43. The van der Waals surface area contributed by atoms with E-state index >= 15 is 0 Å². The average Bonchev–Trinajstić information content (AvgIpc) is 3.01. The smallest absolute Gasteiger partial charge is 0.127 e. The van der Waals surface area contributed by atoms with E-state index in [1.54, 1.807) is 0 Å². The van der Waals surface area contributed by atoms with Crippen molar-refractivity contribution in [1.29, 1.82) is 5.41 Å². The molecule has 0 bridgehead atoms. The number of hydrogen-bond acceptors (Lipinski definition) is 4. The molecule has 108 valence electrons. The minimum atomic E-state index is -0.226. The van der Waals surface area contributed by atoms with E-state index in [2.05, 4.69) is 4.90 Å². The molecule has 2 saturated heterocycles. The fraction of sp³-hybridized carbons (Fsp3) is 0.929. The van der Waals surface area contributed by atoms with Gasteiger partial charge in [0.15, 0.2) is 0 Å². The van der Waals surface area contributed by atoms with Crippen molar-refractivity contribution in [3.8, 4) is 0 Å². The minimum absolute atomic E-state index is 0.143. The highest BCUT2D eigenvalue weighted by Gasteiger charge is 2.42. The lowest BCUT2D eigenvalue weighted by Crippen LogP contribution is -2.50. The summed E-state index contributed by atoms with van der Waals surface area (Å²) in [5, 5.41) is 7.49. The van der Waals surface area contributed by atoms with Crippen LogP contribution in [0.3, 0.4) is 0 Å². The zero-order valence-electron chi connectivity index (χ0n) is 11.6. The lowest BCUT2D eigenvalue weighted by Gasteiger charge is -2.34. The summed E-state index contributed by atoms with van der Waals surface area (Å²) < 4.78 is 11.8. The van der Waals surface area contributed by atoms with Crippen molar-refractivity contribution in [2.45, 2.75) is 56.3 Å². The van der Waals surface area contributed by atoms with Crippen LogP contribution in [0.25, 0.3) is 0 Å². The van der Waals surface area contributed by atoms with E-state index in [0.29, 0.717) is 12.7 Å². The van der Waals surface area contributed by atoms with Gasteiger partial charge in [-0.25, -0.2) is 0 Å². The van der Waals surface area contributed by atoms with Crippen LogP contribution in [0, 0.1) is 5.41 Å². The van der Waals surface area contributed by atoms with Crippen molar-refractivity contribution in [3.05, 3.63) is 0 Å². The van der Waals surface area contributed by atoms with Crippen LogP contribution in [0.5, 0.6) is 0 Å². The molecule has 1 aliphatic carbocycles. The fourth-order valence-corrected chi connectivity index (χ4v) is 3.76. The van der Waals surface area contributed by atoms with Gasteiger partial charge in [0, 0.05) is 19.6 Å². The van der Waals surface area contributed by atoms with E-state index in [0.717, 1.165) is 19.6 Å². The Labute approximate surface area is 114 Å². The monoisotopic (exact) mass is 267 g/mol. The molecule has 3 aliphatic rings. The zero-order chi connectivity index (χ0) is 13.3. The van der Waals surface area contributed by atoms with Gasteiger partial charge in [0.1, 0.15) is 11.9 Å². The number of nitrogens with one attached hydrogen (secondary N) is 1. The van der Waals surface area contributed by atoms with Gasteiger partial charge in [0.25, 0.3) is 0 Å². The summed E-state index contributed by atoms with van der Waals surface area (Å²) in [5.74, 6) is 0.143. The van der Waals surface area contributed by atoms with Crippen molar-refractivity contribution >= 4 is 5.84 Å². The molecule has 2 aliphatic heterocycles. The van der Waals surface area contributed by atoms with E-state index in [4.69, 9.17) is 20.6 Å². The molecule has 0 radical (unpaired) electrons. The summed E-state index contributed by atoms with van der Waals surface area (Å²) in [6.07, 6.45) is 7.72. The van der Waals surface area contributed by atoms with Crippen molar-refractivity contribution in [3.63, 3.8) is 0 Å². The van der Waals surface area contributed by atoms with Crippen LogP contribution in [0.4, 0.5) is 0 Å². The van der Waals surface area contributed by atoms with Crippen molar-refractivity contribution in [2.75, 3.05) is 26.2 Å². The Balaban J connectivity index is 1.50. The second kappa shape index (κ2) is 5.38. The summed E-state index contributed by atoms with van der Waals surface area (Å²) in [6.45, 7) is 3.30. The molecule has 3 fully saturated rings. The number of hydrogen-bond donors (Lipinski definition) is 2. The number of ether oxygens (including phenoxy) is 2. The third-order valence-corrected chi connectivity index (χ3v) is 4.81. The molecule has 19 heavy (non-hydrogen) atoms. The van der Waals surface area contributed by atoms with E-state index in [1.807, 2.05) is 0 Å². The average molecular weight is 267 g/mol. The van der Waals surface area contributed by atoms with Crippen LogP contribution in [0.15, 0.2) is 0 Å². The Bertz CT molecular complexity index is 342. The highest BCUT2D eigenvalue weighted by atomic mass is 16.5. The fourth-order valence-electron chi connectivity index (χ4n) is 3.76. The van der Waals surface area contributed by atoms with Gasteiger partial charge >= 0.3 is 0 Å². The SMILES string of the molecule is N=C(N)C1CN(CC2CCC3(CCCC3)O2)CCO1. The molecule has 0 aromatic rings. The van der Waals surface area contributed by atoms with Crippen molar-refractivity contribution in [2.24, 2.45) is 5.73 Å². The minimum Gasteiger partial charge on any atom is -0.385 e. The molecule has 2 unspecified atom stereocenters. The number of rotatable bonds is 3. The first-order chi connectivity index (χ1) is 9.17. The maximum Gasteiger partial charge on any atom is 0.127 e. The van der Waals surface area contributed by atoms with Crippen LogP contribution >= 0.6 is 0 Å². The third kappa shape index (κ3) is 2.93. The first-order valence-electron chi connectivity index (χ1n) is 7.53. The quantitative estimate of drug-likeness (QED) is 0.593. The summed E-state index contributed by atoms with van der Waals surface area (Å²) in [7, 11) is 0. The Morgan fingerprint density at radius 3 is 2.84 bits per heavy atom. The molecule has 0 aromatic heterocycles. The normalized spacial score (nSPS) is 34.9. The van der Waals surface area contributed by atoms with Gasteiger partial charge < -0.3 is 15.2 Å². The molecule has 2 heterocycles. The van der Waals surface area contributed by atoms with Crippen LogP contribution in [-0.4, -0.2) is 54.8 Å². The van der Waals surface area contributed by atoms with Gasteiger partial charge in [-0.3, -0.25) is 10.3 Å². The van der Waals surface area contributed by atoms with Crippen LogP contribution in [0.1, 0.15) is 38.5 Å². The van der Waals surface area contributed by atoms with E-state index < -0.39 is 0 Å². The summed E-state index contributed by atoms with van der Waals surface area (Å²) in [5.41, 5.74) is 5.75. The Hall–Kier alpha value is -0.650. The summed E-state index contributed by atoms with van der Waals surface area (Å²) in [4.78, 5) is 2.34. The molecule has 5 nitrogen and oxygen atoms in total. The molecular formula is C14H25N3O2. The lowest BCUT2D eigenvalue weighted by atomic mass is 9.98. The number of amidine groups is 1. The molecule has 0 aromatic carbocycles. The van der Waals surface area contributed by atoms with Crippen molar-refractivity contribution < 1.29 is 9.47 Å². The maximum absolute atomic E-state index is 7.49. The first-order valence-corrected chi connectivity index (χ1v) is 7.53. The lowest BCUT2D eigenvalue weighted by molar-refractivity contribution is -0.0633. The molecular weight excluding hydrogens is 242 g/mol. The largest absolute Gasteiger partial charge is 0.385 e. The van der Waals surface area contributed by atoms with E-state index in [1.165, 1.54) is 38.5 Å². The standard InChI is InChI=1S/C14H25N3O2/c15-13(16)12-10-17(7-8-18-12)9-11-3-6-14(19-11)4-1-2-5-14/h11-12H,1-10H2,(H3,15,16). The number of nitrogens with zero attached hydrogens (tertiary/aromatic N) is 1. The molecule has 2 atom stereocenters. The topological polar surface area (TPSA) is 71.6 Å². The van der Waals surface area contributed by atoms with Gasteiger partial charge in [-0.05, 0) is 25.7 Å². The number of morpholine rings is 1. The van der Waals surface area contributed by atoms with Gasteiger partial charge in [0.05, 0.1) is 18.3 Å². The summed E-state index contributed by atoms with van der Waals surface area (Å²) >= 11 is 0.